The molecule has 1 saturated carbocycles. The largest absolute Gasteiger partial charge is 0.480 e. The summed E-state index contributed by atoms with van der Waals surface area (Å²) in [6.45, 7) is 1.61. The lowest BCUT2D eigenvalue weighted by Crippen LogP contribution is -2.46. The van der Waals surface area contributed by atoms with Gasteiger partial charge in [0, 0.05) is 10.9 Å². The lowest BCUT2D eigenvalue weighted by molar-refractivity contribution is -0.149. The lowest BCUT2D eigenvalue weighted by Gasteiger charge is -2.31. The van der Waals surface area contributed by atoms with Gasteiger partial charge in [0.1, 0.15) is 11.3 Å². The highest BCUT2D eigenvalue weighted by Crippen LogP contribution is 2.42. The molecule has 2 atom stereocenters. The van der Waals surface area contributed by atoms with Crippen LogP contribution in [0, 0.1) is 0 Å². The monoisotopic (exact) mass is 311 g/mol. The smallest absolute Gasteiger partial charge is 0.326 e. The van der Waals surface area contributed by atoms with Gasteiger partial charge in [0.15, 0.2) is 0 Å². The molecule has 20 heavy (non-hydrogen) atoms. The van der Waals surface area contributed by atoms with Gasteiger partial charge in [0.2, 0.25) is 5.91 Å². The number of hydrogen-bond donors (Lipinski definition) is 1. The van der Waals surface area contributed by atoms with Crippen LogP contribution in [0.15, 0.2) is 11.4 Å². The van der Waals surface area contributed by atoms with Crippen molar-refractivity contribution < 1.29 is 14.7 Å². The van der Waals surface area contributed by atoms with Crippen molar-refractivity contribution >= 4 is 35.0 Å². The van der Waals surface area contributed by atoms with E-state index in [9.17, 15) is 14.7 Å². The predicted molar refractivity (Wildman–Crippen MR) is 80.2 cm³/mol. The maximum Gasteiger partial charge on any atom is 0.326 e. The second-order valence-corrected chi connectivity index (χ2v) is 7.50. The van der Waals surface area contributed by atoms with E-state index in [1.54, 1.807) is 34.9 Å². The molecule has 0 radical (unpaired) electrons. The highest BCUT2D eigenvalue weighted by Gasteiger charge is 2.42. The van der Waals surface area contributed by atoms with Crippen molar-refractivity contribution in [1.29, 1.82) is 0 Å². The number of aryl methyl sites for hydroxylation is 1. The number of thiophene rings is 1. The number of carboxylic acid groups (broad SMARTS) is 1. The summed E-state index contributed by atoms with van der Waals surface area (Å²) in [6.07, 6.45) is 2.87. The average molecular weight is 311 g/mol. The molecule has 1 N–H and O–H groups in total. The minimum absolute atomic E-state index is 0.0215. The van der Waals surface area contributed by atoms with Gasteiger partial charge in [-0.3, -0.25) is 4.79 Å². The summed E-state index contributed by atoms with van der Waals surface area (Å²) in [5.74, 6) is -0.00694. The highest BCUT2D eigenvalue weighted by atomic mass is 32.2. The van der Waals surface area contributed by atoms with E-state index in [1.807, 2.05) is 11.4 Å². The number of rotatable bonds is 4. The summed E-state index contributed by atoms with van der Waals surface area (Å²) in [7, 11) is 0. The Hall–Kier alpha value is -1.01. The Balaban J connectivity index is 1.86. The Bertz CT molecular complexity index is 538. The second-order valence-electron chi connectivity index (χ2n) is 5.29. The van der Waals surface area contributed by atoms with Crippen LogP contribution in [-0.2, 0) is 16.0 Å². The van der Waals surface area contributed by atoms with Gasteiger partial charge in [-0.2, -0.15) is 0 Å². The van der Waals surface area contributed by atoms with Gasteiger partial charge in [-0.15, -0.1) is 23.1 Å². The van der Waals surface area contributed by atoms with Crippen molar-refractivity contribution in [3.05, 3.63) is 21.9 Å². The van der Waals surface area contributed by atoms with Crippen LogP contribution in [0.25, 0.3) is 0 Å². The van der Waals surface area contributed by atoms with Crippen molar-refractivity contribution in [2.75, 3.05) is 5.75 Å². The Morgan fingerprint density at radius 1 is 1.45 bits per heavy atom. The molecule has 3 rings (SSSR count). The fourth-order valence-electron chi connectivity index (χ4n) is 2.65. The molecule has 6 heteroatoms. The number of carbonyl (C=O) groups is 2. The van der Waals surface area contributed by atoms with Gasteiger partial charge in [-0.25, -0.2) is 4.79 Å². The van der Waals surface area contributed by atoms with E-state index in [0.29, 0.717) is 0 Å². The molecular weight excluding hydrogens is 294 g/mol. The molecule has 1 aliphatic carbocycles. The SMILES string of the molecule is CC(C(=O)O)N(C(=O)C1SCCc2sccc21)C1CC1. The van der Waals surface area contributed by atoms with Crippen LogP contribution in [0.5, 0.6) is 0 Å². The van der Waals surface area contributed by atoms with E-state index in [1.165, 1.54) is 4.88 Å². The van der Waals surface area contributed by atoms with Crippen molar-refractivity contribution in [1.82, 2.24) is 4.90 Å². The molecule has 2 aliphatic rings. The van der Waals surface area contributed by atoms with Crippen LogP contribution >= 0.6 is 23.1 Å². The van der Waals surface area contributed by atoms with Gasteiger partial charge in [0.05, 0.1) is 0 Å². The fraction of sp³-hybridized carbons (Fsp3) is 0.571. The summed E-state index contributed by atoms with van der Waals surface area (Å²) in [5.41, 5.74) is 1.10. The number of hydrogen-bond acceptors (Lipinski definition) is 4. The second kappa shape index (κ2) is 5.41. The van der Waals surface area contributed by atoms with E-state index in [2.05, 4.69) is 0 Å². The Kier molecular flexibility index (Phi) is 3.77. The zero-order valence-electron chi connectivity index (χ0n) is 11.2. The molecule has 1 amide bonds. The molecule has 0 saturated heterocycles. The molecule has 0 aromatic carbocycles. The molecule has 2 heterocycles. The Morgan fingerprint density at radius 2 is 2.20 bits per heavy atom. The highest BCUT2D eigenvalue weighted by molar-refractivity contribution is 8.00. The summed E-state index contributed by atoms with van der Waals surface area (Å²) >= 11 is 3.34. The summed E-state index contributed by atoms with van der Waals surface area (Å²) in [6, 6.07) is 1.41. The molecule has 0 spiro atoms. The normalized spacial score (nSPS) is 22.9. The fourth-order valence-corrected chi connectivity index (χ4v) is 4.99. The topological polar surface area (TPSA) is 57.6 Å². The molecule has 2 unspecified atom stereocenters. The number of thioether (sulfide) groups is 1. The first-order valence-corrected chi connectivity index (χ1v) is 8.75. The third-order valence-corrected chi connectivity index (χ3v) is 6.09. The van der Waals surface area contributed by atoms with Gasteiger partial charge in [0.25, 0.3) is 0 Å². The number of amides is 1. The number of aliphatic carboxylic acids is 1. The van der Waals surface area contributed by atoms with Gasteiger partial charge in [-0.05, 0) is 48.9 Å². The van der Waals surface area contributed by atoms with Gasteiger partial charge in [-0.1, -0.05) is 0 Å². The quantitative estimate of drug-likeness (QED) is 0.928. The van der Waals surface area contributed by atoms with E-state index in [4.69, 9.17) is 0 Å². The van der Waals surface area contributed by atoms with Crippen LogP contribution < -0.4 is 0 Å². The molecule has 108 valence electrons. The van der Waals surface area contributed by atoms with Crippen LogP contribution in [0.2, 0.25) is 0 Å². The van der Waals surface area contributed by atoms with E-state index >= 15 is 0 Å². The van der Waals surface area contributed by atoms with Crippen molar-refractivity contribution in [3.63, 3.8) is 0 Å². The molecule has 4 nitrogen and oxygen atoms in total. The molecular formula is C14H17NO3S2. The van der Waals surface area contributed by atoms with E-state index < -0.39 is 12.0 Å². The van der Waals surface area contributed by atoms with Gasteiger partial charge >= 0.3 is 5.97 Å². The maximum absolute atomic E-state index is 12.8. The maximum atomic E-state index is 12.8. The first-order valence-electron chi connectivity index (χ1n) is 6.82. The van der Waals surface area contributed by atoms with Crippen LogP contribution in [-0.4, -0.2) is 39.7 Å². The van der Waals surface area contributed by atoms with Crippen molar-refractivity contribution in [2.45, 2.75) is 43.5 Å². The number of carbonyl (C=O) groups excluding carboxylic acids is 1. The minimum Gasteiger partial charge on any atom is -0.480 e. The zero-order valence-corrected chi connectivity index (χ0v) is 12.9. The van der Waals surface area contributed by atoms with Crippen LogP contribution in [0.4, 0.5) is 0 Å². The molecule has 1 aliphatic heterocycles. The first kappa shape index (κ1) is 13.9. The molecule has 1 aromatic heterocycles. The zero-order chi connectivity index (χ0) is 14.3. The minimum atomic E-state index is -0.920. The summed E-state index contributed by atoms with van der Waals surface area (Å²) in [5, 5.41) is 11.0. The molecule has 1 fully saturated rings. The van der Waals surface area contributed by atoms with E-state index in [-0.39, 0.29) is 17.2 Å². The third-order valence-electron chi connectivity index (χ3n) is 3.87. The van der Waals surface area contributed by atoms with Crippen molar-refractivity contribution in [3.8, 4) is 0 Å². The number of carboxylic acids is 1. The average Bonchev–Trinajstić information content (AvgIpc) is 3.14. The molecule has 1 aromatic rings. The van der Waals surface area contributed by atoms with E-state index in [0.717, 1.165) is 30.6 Å². The Morgan fingerprint density at radius 3 is 2.85 bits per heavy atom. The van der Waals surface area contributed by atoms with Crippen molar-refractivity contribution in [2.24, 2.45) is 0 Å². The number of fused-ring (bicyclic) bond motifs is 1. The standard InChI is InChI=1S/C14H17NO3S2/c1-8(14(17)18)15(9-2-3-9)13(16)12-10-4-6-19-11(10)5-7-20-12/h4,6,8-9,12H,2-3,5,7H2,1H3,(H,17,18). The summed E-state index contributed by atoms with van der Waals surface area (Å²) in [4.78, 5) is 27.0. The first-order chi connectivity index (χ1) is 9.59. The number of nitrogens with zero attached hydrogens (tertiary/aromatic N) is 1. The summed E-state index contributed by atoms with van der Waals surface area (Å²) < 4.78 is 0. The predicted octanol–water partition coefficient (Wildman–Crippen LogP) is 2.54. The lowest BCUT2D eigenvalue weighted by atomic mass is 10.1. The van der Waals surface area contributed by atoms with Crippen LogP contribution in [0.1, 0.15) is 35.5 Å². The van der Waals surface area contributed by atoms with Crippen LogP contribution in [0.3, 0.4) is 0 Å². The molecule has 0 bridgehead atoms. The Labute approximate surface area is 126 Å². The third kappa shape index (κ3) is 2.46. The van der Waals surface area contributed by atoms with Gasteiger partial charge < -0.3 is 10.0 Å².